The van der Waals surface area contributed by atoms with Gasteiger partial charge < -0.3 is 108 Å². The van der Waals surface area contributed by atoms with E-state index in [0.29, 0.717) is 123 Å². The zero-order valence-corrected chi connectivity index (χ0v) is 69.0. The Bertz CT molecular complexity index is 4740. The summed E-state index contributed by atoms with van der Waals surface area (Å²) < 4.78 is 52.8. The summed E-state index contributed by atoms with van der Waals surface area (Å²) in [6, 6.07) is 13.8. The zero-order valence-electron chi connectivity index (χ0n) is 69.0. The molecule has 8 aliphatic heterocycles. The van der Waals surface area contributed by atoms with Crippen molar-refractivity contribution in [1.29, 1.82) is 0 Å². The largest absolute Gasteiger partial charge is 0.504 e. The van der Waals surface area contributed by atoms with E-state index in [9.17, 15) is 74.7 Å². The van der Waals surface area contributed by atoms with Crippen molar-refractivity contribution in [2.45, 2.75) is 251 Å². The van der Waals surface area contributed by atoms with Crippen molar-refractivity contribution in [1.82, 2.24) is 19.6 Å². The summed E-state index contributed by atoms with van der Waals surface area (Å²) in [6.45, 7) is 18.2. The van der Waals surface area contributed by atoms with E-state index in [1.54, 1.807) is 77.1 Å². The van der Waals surface area contributed by atoms with E-state index in [1.165, 1.54) is 13.8 Å². The van der Waals surface area contributed by atoms with E-state index in [2.05, 4.69) is 19.6 Å². The monoisotopic (exact) mass is 1630 g/mol. The number of rotatable bonds is 13. The normalized spacial score (nSPS) is 34.8. The minimum atomic E-state index is -1.26. The van der Waals surface area contributed by atoms with E-state index in [0.717, 1.165) is 70.7 Å². The first-order chi connectivity index (χ1) is 55.8. The van der Waals surface area contributed by atoms with Gasteiger partial charge in [-0.25, -0.2) is 9.59 Å². The van der Waals surface area contributed by atoms with Crippen LogP contribution in [0.5, 0.6) is 46.0 Å². The van der Waals surface area contributed by atoms with Gasteiger partial charge in [-0.2, -0.15) is 0 Å². The summed E-state index contributed by atoms with van der Waals surface area (Å²) in [5.41, 5.74) is 0.271. The third-order valence-corrected chi connectivity index (χ3v) is 29.7. The standard InChI is InChI=1S/C25H31NO6.C24H29NO7.C21H25NO5.C20H23NO6/c1-13(2)17(28)11-14(3)23(29)31-18-7-8-25(30)19-12-15-5-6-16(27)21-20(15)24(25,22(18)32-21)9-10-26(19)4;1-12(2)21(27)30-13(3)22(28)31-16-7-8-24(29)17-11-14-5-6-15(26)19-18(14)23(24,20(16)32-19)9-10-25(17)4;1-11(2)19(24)26-14-6-7-21(25)15-10-12-4-5-13(23)17-16(12)20(21,18(14)27-17)8-9-22(15)3;1-10(22)18(24)26-13-5-6-20(25)14-9-11-3-4-12(23)16-15(11)19(20,17(13)27-16)7-8-21(14)2/h5-7,13-14,19,22,27,30H,8-12H2,1-4H3;5-7,12-13,17,20,26,29H,8-11H2,1-4H3;4-6,11,15,18,23,25H,7-10H2,1-3H3;3-5,10,14,17,22-23,25H,6-9H2,1-2H3/t14-,19-,22?,24?,25-;13-,17+,20?,23?,24+;15-,18?,20?,21-;10-,14+,17?,19?,20+/m1010/s1. The zero-order chi connectivity index (χ0) is 84.3. The van der Waals surface area contributed by atoms with Gasteiger partial charge >= 0.3 is 29.8 Å². The minimum Gasteiger partial charge on any atom is -0.504 e. The predicted octanol–water partition coefficient (Wildman–Crippen LogP) is 6.73. The lowest BCUT2D eigenvalue weighted by atomic mass is 9.50. The van der Waals surface area contributed by atoms with E-state index in [-0.39, 0.29) is 83.1 Å². The number of aromatic hydroxyl groups is 4. The molecule has 0 aromatic heterocycles. The second-order valence-corrected chi connectivity index (χ2v) is 36.9. The number of piperidine rings is 4. The van der Waals surface area contributed by atoms with E-state index >= 15 is 0 Å². The van der Waals surface area contributed by atoms with Gasteiger partial charge in [-0.3, -0.25) is 19.2 Å². The molecule has 632 valence electrons. The van der Waals surface area contributed by atoms with Crippen molar-refractivity contribution in [3.05, 3.63) is 140 Å². The Labute approximate surface area is 684 Å². The summed E-state index contributed by atoms with van der Waals surface area (Å²) >= 11 is 0. The first-order valence-electron chi connectivity index (χ1n) is 41.7. The number of phenolic OH excluding ortho intramolecular Hbond substituents is 4. The van der Waals surface area contributed by atoms with Crippen molar-refractivity contribution in [3.63, 3.8) is 0 Å². The molecule has 20 rings (SSSR count). The number of hydrogen-bond donors (Lipinski definition) is 9. The molecule has 28 nitrogen and oxygen atoms in total. The molecule has 4 fully saturated rings. The van der Waals surface area contributed by atoms with Gasteiger partial charge in [0.15, 0.2) is 76.5 Å². The Morgan fingerprint density at radius 2 is 0.661 bits per heavy atom. The SMILES string of the molecule is CC(C)C(=O)C[C@@H](C)C(=O)OC1=CC[C@@]2(O)[C@H]3Cc4ccc(O)c5c4C2(CCN3C)C1O5.CC(C)C(=O)OC1=CC[C@@]2(O)[C@H]3Cc4ccc(O)c5c4C2(CCN3C)C1O5.CC(C)C(=O)O[C@@H](C)C(=O)OC1=CC[C@@]2(O)[C@H]3Cc4ccc(O)c5c4C2(CCN3C)C1O5.C[C@H](O)C(=O)OC1=CC[C@@]2(O)[C@H]3Cc4ccc(O)c5c4C2(CCN3C)C1O5. The Morgan fingerprint density at radius 1 is 0.390 bits per heavy atom. The Kier molecular flexibility index (Phi) is 19.5. The second-order valence-electron chi connectivity index (χ2n) is 36.9. The Balaban J connectivity index is 0.000000113. The summed E-state index contributed by atoms with van der Waals surface area (Å²) in [5, 5.41) is 99.5. The number of phenols is 4. The van der Waals surface area contributed by atoms with Crippen LogP contribution < -0.4 is 18.9 Å². The van der Waals surface area contributed by atoms with Crippen LogP contribution in [0.2, 0.25) is 0 Å². The third-order valence-electron chi connectivity index (χ3n) is 29.7. The number of likely N-dealkylation sites (tertiary alicyclic amines) is 4. The summed E-state index contributed by atoms with van der Waals surface area (Å²) in [4.78, 5) is 82.7. The van der Waals surface area contributed by atoms with E-state index in [1.807, 2.05) is 72.4 Å². The van der Waals surface area contributed by atoms with Gasteiger partial charge in [0.25, 0.3) is 0 Å². The van der Waals surface area contributed by atoms with Crippen LogP contribution in [-0.2, 0) is 99.8 Å². The molecular formula is C90H108N4O24. The number of esters is 5. The maximum atomic E-state index is 12.9. The molecule has 4 aromatic rings. The number of aliphatic hydroxyl groups is 5. The lowest BCUT2D eigenvalue weighted by Gasteiger charge is -2.61. The van der Waals surface area contributed by atoms with Crippen LogP contribution in [0.4, 0.5) is 0 Å². The van der Waals surface area contributed by atoms with Gasteiger partial charge in [0.1, 0.15) is 34.9 Å². The summed E-state index contributed by atoms with van der Waals surface area (Å²) in [5.74, 6) is -0.900. The van der Waals surface area contributed by atoms with Crippen LogP contribution in [0.15, 0.2) is 95.9 Å². The fraction of sp³-hybridized carbons (Fsp3) is 0.578. The fourth-order valence-electron chi connectivity index (χ4n) is 23.6. The minimum absolute atomic E-state index is 0.0113. The molecule has 118 heavy (non-hydrogen) atoms. The van der Waals surface area contributed by atoms with Gasteiger partial charge in [-0.1, -0.05) is 72.7 Å². The maximum Gasteiger partial charge on any atom is 0.352 e. The number of hydrogen-bond acceptors (Lipinski definition) is 28. The number of carbonyl (C=O) groups is 6. The predicted molar refractivity (Wildman–Crippen MR) is 421 cm³/mol. The van der Waals surface area contributed by atoms with E-state index in [4.69, 9.17) is 42.6 Å². The number of carbonyl (C=O) groups excluding carboxylic acids is 6. The van der Waals surface area contributed by atoms with Crippen molar-refractivity contribution >= 4 is 35.6 Å². The van der Waals surface area contributed by atoms with Crippen molar-refractivity contribution < 1.29 is 117 Å². The average molecular weight is 1630 g/mol. The van der Waals surface area contributed by atoms with Gasteiger partial charge in [0.05, 0.1) is 61.8 Å². The molecule has 28 heteroatoms. The number of ether oxygens (including phenoxy) is 9. The summed E-state index contributed by atoms with van der Waals surface area (Å²) in [7, 11) is 8.10. The first kappa shape index (κ1) is 81.3. The third kappa shape index (κ3) is 11.2. The molecule has 19 atom stereocenters. The molecule has 4 aromatic carbocycles. The molecule has 0 amide bonds. The van der Waals surface area contributed by atoms with Gasteiger partial charge in [-0.05, 0) is 190 Å². The average Bonchev–Trinajstić information content (AvgIpc) is 1.48. The van der Waals surface area contributed by atoms with Gasteiger partial charge in [0, 0.05) is 84.4 Å². The van der Waals surface area contributed by atoms with Crippen LogP contribution in [0, 0.1) is 23.7 Å². The van der Waals surface area contributed by atoms with Crippen LogP contribution in [0.3, 0.4) is 0 Å². The number of nitrogens with zero attached hydrogens (tertiary/aromatic N) is 4. The van der Waals surface area contributed by atoms with Crippen molar-refractivity contribution in [2.24, 2.45) is 23.7 Å². The van der Waals surface area contributed by atoms with Crippen molar-refractivity contribution in [3.8, 4) is 46.0 Å². The lowest BCUT2D eigenvalue weighted by Crippen LogP contribution is -2.74. The molecule has 9 N–H and O–H groups in total. The Hall–Kier alpha value is -9.10. The molecule has 0 radical (unpaired) electrons. The van der Waals surface area contributed by atoms with Crippen molar-refractivity contribution in [2.75, 3.05) is 54.4 Å². The molecule has 8 bridgehead atoms. The van der Waals surface area contributed by atoms with Gasteiger partial charge in [-0.15, -0.1) is 0 Å². The smallest absolute Gasteiger partial charge is 0.352 e. The van der Waals surface area contributed by atoms with E-state index < -0.39 is 110 Å². The highest BCUT2D eigenvalue weighted by atomic mass is 16.6. The molecular weight excluding hydrogens is 1520 g/mol. The highest BCUT2D eigenvalue weighted by molar-refractivity contribution is 5.86. The first-order valence-corrected chi connectivity index (χ1v) is 41.7. The number of Topliss-reactive ketones (excluding diaryl/α,β-unsaturated/α-hetero) is 1. The molecule has 0 saturated carbocycles. The van der Waals surface area contributed by atoms with Gasteiger partial charge in [0.2, 0.25) is 0 Å². The van der Waals surface area contributed by atoms with Crippen LogP contribution >= 0.6 is 0 Å². The second kappa shape index (κ2) is 28.3. The molecule has 16 aliphatic rings. The summed E-state index contributed by atoms with van der Waals surface area (Å²) in [6.07, 6.45) is 8.58. The van der Waals surface area contributed by atoms with Crippen LogP contribution in [-0.4, -0.2) is 239 Å². The highest BCUT2D eigenvalue weighted by Crippen LogP contribution is 2.71. The highest BCUT2D eigenvalue weighted by Gasteiger charge is 2.77. The molecule has 8 heterocycles. The number of ketones is 1. The lowest BCUT2D eigenvalue weighted by molar-refractivity contribution is -0.176. The quantitative estimate of drug-likeness (QED) is 0.0495. The maximum absolute atomic E-state index is 12.9. The fourth-order valence-corrected chi connectivity index (χ4v) is 23.6. The molecule has 8 aliphatic carbocycles. The molecule has 8 unspecified atom stereocenters. The van der Waals surface area contributed by atoms with Crippen LogP contribution in [0.25, 0.3) is 0 Å². The number of aliphatic hydroxyl groups excluding tert-OH is 1. The molecule has 4 spiro atoms. The Morgan fingerprint density at radius 3 is 0.932 bits per heavy atom. The topological polar surface area (TPSA) is 381 Å². The molecule has 4 saturated heterocycles. The number of likely N-dealkylation sites (N-methyl/N-ethyl adjacent to an activating group) is 4. The number of benzene rings is 4. The van der Waals surface area contributed by atoms with Crippen LogP contribution in [0.1, 0.15) is 165 Å².